The fourth-order valence-electron chi connectivity index (χ4n) is 5.28. The maximum absolute atomic E-state index is 13.5. The van der Waals surface area contributed by atoms with Gasteiger partial charge in [-0.05, 0) is 65.6 Å². The zero-order valence-corrected chi connectivity index (χ0v) is 31.9. The normalized spacial score (nSPS) is 11.5. The molecule has 5 aromatic rings. The van der Waals surface area contributed by atoms with E-state index >= 15 is 0 Å². The molecular formula is C33H15Cl2K2N3O6. The van der Waals surface area contributed by atoms with Crippen molar-refractivity contribution in [1.82, 2.24) is 9.97 Å². The molecule has 0 amide bonds. The molecule has 2 aliphatic rings. The summed E-state index contributed by atoms with van der Waals surface area (Å²) >= 11 is 12.3. The van der Waals surface area contributed by atoms with E-state index in [1.807, 2.05) is 6.07 Å². The molecule has 1 aliphatic carbocycles. The molecule has 0 radical (unpaired) electrons. The molecule has 0 bridgehead atoms. The number of benzene rings is 4. The van der Waals surface area contributed by atoms with Gasteiger partial charge in [-0.3, -0.25) is 19.8 Å². The first-order valence-electron chi connectivity index (χ1n) is 13.0. The smallest absolute Gasteiger partial charge is 0.871 e. The second kappa shape index (κ2) is 14.1. The van der Waals surface area contributed by atoms with Crippen molar-refractivity contribution in [2.75, 3.05) is 0 Å². The second-order valence-corrected chi connectivity index (χ2v) is 10.7. The molecule has 0 fully saturated rings. The Morgan fingerprint density at radius 2 is 1.59 bits per heavy atom. The first kappa shape index (κ1) is 35.1. The minimum Gasteiger partial charge on any atom is -0.871 e. The zero-order valence-electron chi connectivity index (χ0n) is 24.2. The van der Waals surface area contributed by atoms with Gasteiger partial charge < -0.3 is 19.7 Å². The number of nitrogens with zero attached hydrogens (tertiary/aromatic N) is 3. The Labute approximate surface area is 355 Å². The van der Waals surface area contributed by atoms with E-state index in [1.165, 1.54) is 30.3 Å². The Bertz CT molecular complexity index is 2420. The summed E-state index contributed by atoms with van der Waals surface area (Å²) in [6.07, 6.45) is 3.28. The largest absolute Gasteiger partial charge is 1.00 e. The van der Waals surface area contributed by atoms with Gasteiger partial charge in [-0.2, -0.15) is 0 Å². The topological polar surface area (TPSA) is 152 Å². The number of rotatable bonds is 4. The van der Waals surface area contributed by atoms with Gasteiger partial charge in [-0.15, -0.1) is 0 Å². The molecule has 0 saturated heterocycles. The molecule has 0 spiro atoms. The van der Waals surface area contributed by atoms with Crippen LogP contribution in [0.1, 0.15) is 15.9 Å². The van der Waals surface area contributed by atoms with Crippen LogP contribution in [0, 0.1) is 0 Å². The molecule has 0 saturated carbocycles. The molecule has 1 aliphatic heterocycles. The minimum atomic E-state index is -1.33. The second-order valence-electron chi connectivity index (χ2n) is 9.89. The van der Waals surface area contributed by atoms with E-state index in [0.717, 1.165) is 17.5 Å². The van der Waals surface area contributed by atoms with Gasteiger partial charge in [0, 0.05) is 50.8 Å². The van der Waals surface area contributed by atoms with Crippen molar-refractivity contribution in [1.29, 1.82) is 0 Å². The van der Waals surface area contributed by atoms with Crippen LogP contribution in [-0.4, -0.2) is 26.9 Å². The Balaban J connectivity index is 0.00000208. The van der Waals surface area contributed by atoms with E-state index in [4.69, 9.17) is 27.6 Å². The van der Waals surface area contributed by atoms with Gasteiger partial charge in [0.05, 0.1) is 27.3 Å². The minimum absolute atomic E-state index is 0. The van der Waals surface area contributed by atoms with Crippen LogP contribution in [0.5, 0.6) is 5.75 Å². The first-order chi connectivity index (χ1) is 21.2. The van der Waals surface area contributed by atoms with E-state index in [2.05, 4.69) is 15.0 Å². The van der Waals surface area contributed by atoms with Gasteiger partial charge >= 0.3 is 109 Å². The van der Waals surface area contributed by atoms with Gasteiger partial charge in [0.15, 0.2) is 0 Å². The monoisotopic (exact) mass is 697 g/mol. The number of hydrogen-bond acceptors (Lipinski definition) is 8. The molecule has 0 unspecified atom stereocenters. The molecule has 13 heteroatoms. The molecule has 9 nitrogen and oxygen atoms in total. The number of hydrogen-bond donors (Lipinski definition) is 1. The SMILES string of the molecule is O=C(O)c1cc(C([O-])=Nc2cc3cccnc3c3ncccc23)ccc1-c1c2cc(Cl)c(=O)cc-2oc2cc([O-])c(Cl)cc12.[K+].[K+]. The average Bonchev–Trinajstić information content (AvgIpc) is 3.01. The maximum atomic E-state index is 13.5. The third-order valence-corrected chi connectivity index (χ3v) is 7.84. The van der Waals surface area contributed by atoms with Crippen molar-refractivity contribution in [2.24, 2.45) is 4.99 Å². The van der Waals surface area contributed by atoms with E-state index in [9.17, 15) is 24.9 Å². The van der Waals surface area contributed by atoms with Crippen LogP contribution in [0.3, 0.4) is 0 Å². The third-order valence-electron chi connectivity index (χ3n) is 7.25. The predicted molar refractivity (Wildman–Crippen MR) is 164 cm³/mol. The molecule has 7 rings (SSSR count). The van der Waals surface area contributed by atoms with Crippen LogP contribution >= 0.6 is 23.2 Å². The quantitative estimate of drug-likeness (QED) is 0.0900. The van der Waals surface area contributed by atoms with E-state index < -0.39 is 23.0 Å². The van der Waals surface area contributed by atoms with Crippen molar-refractivity contribution < 1.29 is 127 Å². The van der Waals surface area contributed by atoms with Gasteiger partial charge in [-0.1, -0.05) is 47.2 Å². The summed E-state index contributed by atoms with van der Waals surface area (Å²) in [6, 6.07) is 18.0. The molecule has 2 aromatic heterocycles. The number of carboxylic acid groups (broad SMARTS) is 1. The number of carbonyl (C=O) groups is 1. The van der Waals surface area contributed by atoms with E-state index in [1.54, 1.807) is 36.7 Å². The summed E-state index contributed by atoms with van der Waals surface area (Å²) in [5.41, 5.74) is 1.73. The van der Waals surface area contributed by atoms with Gasteiger partial charge in [0.1, 0.15) is 11.3 Å². The van der Waals surface area contributed by atoms with Crippen LogP contribution < -0.4 is 118 Å². The van der Waals surface area contributed by atoms with Crippen molar-refractivity contribution in [2.45, 2.75) is 0 Å². The number of aliphatic imine (C=N–C) groups is 1. The number of aromatic carboxylic acids is 1. The van der Waals surface area contributed by atoms with E-state index in [-0.39, 0.29) is 141 Å². The third kappa shape index (κ3) is 6.32. The average molecular weight is 699 g/mol. The van der Waals surface area contributed by atoms with Crippen molar-refractivity contribution in [3.63, 3.8) is 0 Å². The van der Waals surface area contributed by atoms with Crippen LogP contribution in [0.2, 0.25) is 10.0 Å². The number of aromatic nitrogens is 2. The number of carboxylic acids is 1. The van der Waals surface area contributed by atoms with Crippen LogP contribution in [0.25, 0.3) is 55.2 Å². The van der Waals surface area contributed by atoms with Crippen molar-refractivity contribution >= 4 is 73.5 Å². The Kier molecular flexibility index (Phi) is 10.7. The Hall–Kier alpha value is -2.24. The number of halogens is 2. The van der Waals surface area contributed by atoms with Crippen molar-refractivity contribution in [3.05, 3.63) is 117 Å². The molecule has 0 atom stereocenters. The zero-order chi connectivity index (χ0) is 30.7. The maximum Gasteiger partial charge on any atom is 1.00 e. The van der Waals surface area contributed by atoms with Crippen LogP contribution in [0.15, 0.2) is 99.4 Å². The van der Waals surface area contributed by atoms with Gasteiger partial charge in [-0.25, -0.2) is 4.79 Å². The molecule has 1 N–H and O–H groups in total. The fourth-order valence-corrected chi connectivity index (χ4v) is 5.61. The Morgan fingerprint density at radius 1 is 0.848 bits per heavy atom. The summed E-state index contributed by atoms with van der Waals surface area (Å²) in [4.78, 5) is 38.1. The Morgan fingerprint density at radius 3 is 2.35 bits per heavy atom. The molecule has 46 heavy (non-hydrogen) atoms. The van der Waals surface area contributed by atoms with Crippen LogP contribution in [-0.2, 0) is 0 Å². The molecule has 3 heterocycles. The molecule has 214 valence electrons. The van der Waals surface area contributed by atoms with Crippen molar-refractivity contribution in [3.8, 4) is 28.2 Å². The summed E-state index contributed by atoms with van der Waals surface area (Å²) in [5, 5.41) is 37.5. The van der Waals surface area contributed by atoms with Crippen LogP contribution in [0.4, 0.5) is 5.69 Å². The van der Waals surface area contributed by atoms with Gasteiger partial charge in [0.2, 0.25) is 5.43 Å². The predicted octanol–water partition coefficient (Wildman–Crippen LogP) is 0.186. The van der Waals surface area contributed by atoms with Gasteiger partial charge in [0.25, 0.3) is 0 Å². The number of fused-ring (bicyclic) bond motifs is 5. The first-order valence-corrected chi connectivity index (χ1v) is 13.8. The standard InChI is InChI=1S/C33H17Cl2N3O6.2K/c34-22-11-20-27(13-25(22)39)44-28-14-26(40)23(35)12-21(28)29(20)17-6-5-16(9-19(17)33(42)43)32(41)38-24-10-15-3-1-7-36-30(15)31-18(24)4-2-8-37-31;;/h1-14,39H,(H,38,41)(H,42,43);;/q;2*+1/p-2. The summed E-state index contributed by atoms with van der Waals surface area (Å²) in [5.74, 6) is -2.44. The number of pyridine rings is 2. The summed E-state index contributed by atoms with van der Waals surface area (Å²) < 4.78 is 5.83. The fraction of sp³-hybridized carbons (Fsp3) is 0. The van der Waals surface area contributed by atoms with E-state index in [0.29, 0.717) is 38.6 Å². The molecular weight excluding hydrogens is 683 g/mol. The molecule has 3 aromatic carbocycles. The summed E-state index contributed by atoms with van der Waals surface area (Å²) in [6.45, 7) is 0. The summed E-state index contributed by atoms with van der Waals surface area (Å²) in [7, 11) is 0.